The summed E-state index contributed by atoms with van der Waals surface area (Å²) in [4.78, 5) is 24.8. The predicted octanol–water partition coefficient (Wildman–Crippen LogP) is 4.83. The molecule has 0 unspecified atom stereocenters. The molecule has 7 heteroatoms. The molecule has 1 amide bonds. The Labute approximate surface area is 174 Å². The number of nitrogens with zero attached hydrogens (tertiary/aromatic N) is 2. The molecule has 6 nitrogen and oxygen atoms in total. The Hall–Kier alpha value is -3.22. The molecule has 2 aromatic carbocycles. The number of halogens is 1. The Morgan fingerprint density at radius 1 is 1.20 bits per heavy atom. The molecule has 1 fully saturated rings. The number of carbonyl (C=O) groups is 2. The molecule has 156 valence electrons. The van der Waals surface area contributed by atoms with Crippen molar-refractivity contribution < 1.29 is 18.7 Å². The zero-order valence-corrected chi connectivity index (χ0v) is 17.5. The number of fused-ring (bicyclic) bond motifs is 1. The van der Waals surface area contributed by atoms with Crippen molar-refractivity contribution in [1.29, 1.82) is 0 Å². The zero-order chi connectivity index (χ0) is 21.6. The smallest absolute Gasteiger partial charge is 0.435 e. The predicted molar refractivity (Wildman–Crippen MR) is 112 cm³/mol. The Morgan fingerprint density at radius 3 is 2.60 bits per heavy atom. The molecule has 30 heavy (non-hydrogen) atoms. The van der Waals surface area contributed by atoms with E-state index in [1.807, 2.05) is 6.07 Å². The fourth-order valence-electron chi connectivity index (χ4n) is 3.26. The largest absolute Gasteiger partial charge is 0.442 e. The molecular formula is C23H24FN3O3. The summed E-state index contributed by atoms with van der Waals surface area (Å²) in [7, 11) is 0. The van der Waals surface area contributed by atoms with E-state index in [0.717, 1.165) is 18.4 Å². The second-order valence-electron chi connectivity index (χ2n) is 8.69. The average Bonchev–Trinajstić information content (AvgIpc) is 3.37. The average molecular weight is 409 g/mol. The van der Waals surface area contributed by atoms with E-state index in [1.54, 1.807) is 52.1 Å². The van der Waals surface area contributed by atoms with E-state index in [0.29, 0.717) is 27.6 Å². The molecule has 0 saturated heterocycles. The van der Waals surface area contributed by atoms with Crippen LogP contribution >= 0.6 is 0 Å². The van der Waals surface area contributed by atoms with E-state index >= 15 is 0 Å². The molecule has 4 rings (SSSR count). The number of rotatable bonds is 3. The molecule has 1 heterocycles. The first-order valence-corrected chi connectivity index (χ1v) is 9.95. The second kappa shape index (κ2) is 7.23. The van der Waals surface area contributed by atoms with Crippen molar-refractivity contribution in [3.05, 3.63) is 53.5 Å². The number of benzene rings is 2. The van der Waals surface area contributed by atoms with Crippen molar-refractivity contribution in [3.63, 3.8) is 0 Å². The Bertz CT molecular complexity index is 1160. The summed E-state index contributed by atoms with van der Waals surface area (Å²) < 4.78 is 21.2. The van der Waals surface area contributed by atoms with Crippen LogP contribution in [0, 0.1) is 12.7 Å². The normalized spacial score (nSPS) is 14.0. The Balaban J connectivity index is 1.70. The molecule has 1 aliphatic carbocycles. The van der Waals surface area contributed by atoms with E-state index in [1.165, 1.54) is 10.7 Å². The maximum Gasteiger partial charge on any atom is 0.435 e. The number of aromatic nitrogens is 2. The minimum Gasteiger partial charge on any atom is -0.442 e. The highest BCUT2D eigenvalue weighted by Crippen LogP contribution is 2.30. The van der Waals surface area contributed by atoms with Gasteiger partial charge in [-0.3, -0.25) is 4.79 Å². The molecule has 0 atom stereocenters. The standard InChI is InChI=1S/C23H24FN3O3/c1-13-18(10-15(11-19(13)24)21(28)26-17-6-7-17)14-5-8-20-16(9-14)12-25-27(20)22(29)30-23(2,3)4/h5,8-12,17H,6-7H2,1-4H3,(H,26,28). The van der Waals surface area contributed by atoms with Crippen molar-refractivity contribution in [1.82, 2.24) is 15.1 Å². The van der Waals surface area contributed by atoms with E-state index in [9.17, 15) is 14.0 Å². The molecule has 0 spiro atoms. The molecule has 0 bridgehead atoms. The molecular weight excluding hydrogens is 385 g/mol. The van der Waals surface area contributed by atoms with Crippen LogP contribution in [0.25, 0.3) is 22.0 Å². The van der Waals surface area contributed by atoms with Crippen molar-refractivity contribution in [2.75, 3.05) is 0 Å². The van der Waals surface area contributed by atoms with Crippen molar-refractivity contribution in [2.45, 2.75) is 52.2 Å². The third-order valence-electron chi connectivity index (χ3n) is 4.96. The number of ether oxygens (including phenoxy) is 1. The van der Waals surface area contributed by atoms with Crippen LogP contribution in [0.4, 0.5) is 9.18 Å². The lowest BCUT2D eigenvalue weighted by Gasteiger charge is -2.19. The van der Waals surface area contributed by atoms with Crippen LogP contribution in [-0.4, -0.2) is 33.4 Å². The highest BCUT2D eigenvalue weighted by molar-refractivity contribution is 5.97. The SMILES string of the molecule is Cc1c(F)cc(C(=O)NC2CC2)cc1-c1ccc2c(cnn2C(=O)OC(C)(C)C)c1. The maximum atomic E-state index is 14.6. The van der Waals surface area contributed by atoms with E-state index in [-0.39, 0.29) is 11.9 Å². The van der Waals surface area contributed by atoms with Crippen LogP contribution in [0.3, 0.4) is 0 Å². The summed E-state index contributed by atoms with van der Waals surface area (Å²) in [6, 6.07) is 8.53. The lowest BCUT2D eigenvalue weighted by atomic mass is 9.96. The van der Waals surface area contributed by atoms with Gasteiger partial charge in [0.05, 0.1) is 11.7 Å². The molecule has 0 aliphatic heterocycles. The molecule has 1 N–H and O–H groups in total. The minimum absolute atomic E-state index is 0.195. The van der Waals surface area contributed by atoms with Gasteiger partial charge in [-0.1, -0.05) is 6.07 Å². The second-order valence-corrected chi connectivity index (χ2v) is 8.69. The number of nitrogens with one attached hydrogen (secondary N) is 1. The van der Waals surface area contributed by atoms with Gasteiger partial charge in [0.2, 0.25) is 0 Å². The van der Waals surface area contributed by atoms with Crippen LogP contribution in [0.5, 0.6) is 0 Å². The third-order valence-corrected chi connectivity index (χ3v) is 4.96. The number of hydrogen-bond acceptors (Lipinski definition) is 4. The van der Waals surface area contributed by atoms with E-state index < -0.39 is 17.5 Å². The van der Waals surface area contributed by atoms with Crippen LogP contribution < -0.4 is 5.32 Å². The van der Waals surface area contributed by atoms with Gasteiger partial charge in [-0.05, 0) is 81.5 Å². The van der Waals surface area contributed by atoms with E-state index in [4.69, 9.17) is 4.74 Å². The van der Waals surface area contributed by atoms with Gasteiger partial charge in [0.25, 0.3) is 5.91 Å². The first kappa shape index (κ1) is 20.1. The van der Waals surface area contributed by atoms with Crippen LogP contribution in [0.2, 0.25) is 0 Å². The van der Waals surface area contributed by atoms with Gasteiger partial charge in [-0.15, -0.1) is 0 Å². The molecule has 1 aliphatic rings. The van der Waals surface area contributed by atoms with Crippen molar-refractivity contribution in [2.24, 2.45) is 0 Å². The summed E-state index contributed by atoms with van der Waals surface area (Å²) in [5.74, 6) is -0.700. The lowest BCUT2D eigenvalue weighted by molar-refractivity contribution is 0.0522. The van der Waals surface area contributed by atoms with Gasteiger partial charge >= 0.3 is 6.09 Å². The number of amides is 1. The molecule has 0 radical (unpaired) electrons. The highest BCUT2D eigenvalue weighted by Gasteiger charge is 2.25. The minimum atomic E-state index is -0.634. The topological polar surface area (TPSA) is 73.2 Å². The Kier molecular flexibility index (Phi) is 4.84. The van der Waals surface area contributed by atoms with Gasteiger partial charge in [-0.25, -0.2) is 9.18 Å². The van der Waals surface area contributed by atoms with Gasteiger partial charge in [0, 0.05) is 17.0 Å². The van der Waals surface area contributed by atoms with Gasteiger partial charge in [0.1, 0.15) is 11.4 Å². The number of carbonyl (C=O) groups excluding carboxylic acids is 2. The lowest BCUT2D eigenvalue weighted by Crippen LogP contribution is -2.27. The summed E-state index contributed by atoms with van der Waals surface area (Å²) >= 11 is 0. The van der Waals surface area contributed by atoms with Crippen LogP contribution in [0.15, 0.2) is 36.5 Å². The first-order chi connectivity index (χ1) is 14.1. The van der Waals surface area contributed by atoms with Crippen LogP contribution in [0.1, 0.15) is 49.5 Å². The summed E-state index contributed by atoms with van der Waals surface area (Å²) in [5, 5.41) is 7.75. The highest BCUT2D eigenvalue weighted by atomic mass is 19.1. The van der Waals surface area contributed by atoms with Gasteiger partial charge < -0.3 is 10.1 Å². The van der Waals surface area contributed by atoms with Crippen molar-refractivity contribution >= 4 is 22.9 Å². The Morgan fingerprint density at radius 2 is 1.93 bits per heavy atom. The van der Waals surface area contributed by atoms with Gasteiger partial charge in [0.15, 0.2) is 0 Å². The molecule has 1 aromatic heterocycles. The number of hydrogen-bond donors (Lipinski definition) is 1. The summed E-state index contributed by atoms with van der Waals surface area (Å²) in [6.45, 7) is 7.05. The fraction of sp³-hybridized carbons (Fsp3) is 0.348. The fourth-order valence-corrected chi connectivity index (χ4v) is 3.26. The molecule has 1 saturated carbocycles. The van der Waals surface area contributed by atoms with Gasteiger partial charge in [-0.2, -0.15) is 9.78 Å². The molecule has 3 aromatic rings. The monoisotopic (exact) mass is 409 g/mol. The van der Waals surface area contributed by atoms with Crippen molar-refractivity contribution in [3.8, 4) is 11.1 Å². The summed E-state index contributed by atoms with van der Waals surface area (Å²) in [6.07, 6.45) is 2.93. The summed E-state index contributed by atoms with van der Waals surface area (Å²) in [5.41, 5.74) is 2.08. The maximum absolute atomic E-state index is 14.6. The first-order valence-electron chi connectivity index (χ1n) is 9.95. The zero-order valence-electron chi connectivity index (χ0n) is 17.5. The van der Waals surface area contributed by atoms with E-state index in [2.05, 4.69) is 10.4 Å². The van der Waals surface area contributed by atoms with Crippen LogP contribution in [-0.2, 0) is 4.74 Å². The third kappa shape index (κ3) is 4.06. The quantitative estimate of drug-likeness (QED) is 0.673.